The fourth-order valence-corrected chi connectivity index (χ4v) is 2.82. The molecule has 2 aromatic carbocycles. The number of nitro groups is 1. The van der Waals surface area contributed by atoms with Gasteiger partial charge in [0.1, 0.15) is 6.61 Å². The number of carbonyl (C=O) groups excluding carboxylic acids is 1. The lowest BCUT2D eigenvalue weighted by Crippen LogP contribution is -2.14. The molecular formula is C14H11BrN2O6S. The first-order chi connectivity index (χ1) is 11.2. The van der Waals surface area contributed by atoms with E-state index in [0.29, 0.717) is 4.47 Å². The molecule has 0 radical (unpaired) electrons. The second-order valence-corrected chi connectivity index (χ2v) is 7.06. The minimum atomic E-state index is -3.98. The number of sulfonamides is 1. The summed E-state index contributed by atoms with van der Waals surface area (Å²) in [5.41, 5.74) is -0.0164. The highest BCUT2D eigenvalue weighted by Gasteiger charge is 2.19. The molecule has 0 heterocycles. The van der Waals surface area contributed by atoms with Crippen molar-refractivity contribution in [2.24, 2.45) is 5.14 Å². The molecule has 0 aliphatic heterocycles. The highest BCUT2D eigenvalue weighted by molar-refractivity contribution is 9.10. The van der Waals surface area contributed by atoms with E-state index in [0.717, 1.165) is 6.07 Å². The normalized spacial score (nSPS) is 11.1. The summed E-state index contributed by atoms with van der Waals surface area (Å²) in [6, 6.07) is 9.48. The van der Waals surface area contributed by atoms with Crippen molar-refractivity contribution in [3.8, 4) is 0 Å². The second kappa shape index (κ2) is 7.07. The lowest BCUT2D eigenvalue weighted by atomic mass is 10.2. The van der Waals surface area contributed by atoms with Crippen LogP contribution in [-0.4, -0.2) is 19.3 Å². The van der Waals surface area contributed by atoms with Gasteiger partial charge in [0.25, 0.3) is 5.69 Å². The Bertz CT molecular complexity index is 913. The molecular weight excluding hydrogens is 404 g/mol. The summed E-state index contributed by atoms with van der Waals surface area (Å²) < 4.78 is 28.1. The van der Waals surface area contributed by atoms with Crippen molar-refractivity contribution < 1.29 is 22.9 Å². The van der Waals surface area contributed by atoms with Crippen LogP contribution in [0.25, 0.3) is 0 Å². The molecule has 0 bridgehead atoms. The van der Waals surface area contributed by atoms with Crippen molar-refractivity contribution >= 4 is 37.6 Å². The summed E-state index contributed by atoms with van der Waals surface area (Å²) in [5, 5.41) is 15.9. The van der Waals surface area contributed by atoms with E-state index in [1.165, 1.54) is 30.3 Å². The van der Waals surface area contributed by atoms with Crippen molar-refractivity contribution in [1.82, 2.24) is 0 Å². The van der Waals surface area contributed by atoms with Gasteiger partial charge >= 0.3 is 5.97 Å². The summed E-state index contributed by atoms with van der Waals surface area (Å²) in [5.74, 6) is -0.842. The van der Waals surface area contributed by atoms with Gasteiger partial charge in [-0.25, -0.2) is 18.4 Å². The Kier molecular flexibility index (Phi) is 5.32. The lowest BCUT2D eigenvalue weighted by Gasteiger charge is -2.08. The first-order valence-corrected chi connectivity index (χ1v) is 8.76. The van der Waals surface area contributed by atoms with Crippen molar-refractivity contribution in [1.29, 1.82) is 0 Å². The third-order valence-electron chi connectivity index (χ3n) is 3.03. The van der Waals surface area contributed by atoms with E-state index < -0.39 is 20.9 Å². The van der Waals surface area contributed by atoms with Crippen molar-refractivity contribution in [2.45, 2.75) is 11.5 Å². The van der Waals surface area contributed by atoms with Crippen LogP contribution in [0.2, 0.25) is 0 Å². The Morgan fingerprint density at radius 3 is 2.54 bits per heavy atom. The molecule has 0 unspecified atom stereocenters. The van der Waals surface area contributed by atoms with Crippen LogP contribution in [0.15, 0.2) is 51.8 Å². The first-order valence-electron chi connectivity index (χ1n) is 6.42. The number of esters is 1. The summed E-state index contributed by atoms with van der Waals surface area (Å²) >= 11 is 3.12. The molecule has 0 atom stereocenters. The molecule has 0 aromatic heterocycles. The van der Waals surface area contributed by atoms with Crippen LogP contribution in [0.3, 0.4) is 0 Å². The minimum Gasteiger partial charge on any atom is -0.457 e. The fourth-order valence-electron chi connectivity index (χ4n) is 1.87. The molecule has 0 aliphatic carbocycles. The van der Waals surface area contributed by atoms with Crippen LogP contribution in [0.5, 0.6) is 0 Å². The molecule has 0 amide bonds. The number of nitro benzene ring substituents is 1. The fraction of sp³-hybridized carbons (Fsp3) is 0.0714. The minimum absolute atomic E-state index is 0.0555. The predicted octanol–water partition coefficient (Wildman–Crippen LogP) is 2.36. The van der Waals surface area contributed by atoms with E-state index in [4.69, 9.17) is 9.88 Å². The second-order valence-electron chi connectivity index (χ2n) is 4.65. The Labute approximate surface area is 145 Å². The average Bonchev–Trinajstić information content (AvgIpc) is 2.52. The van der Waals surface area contributed by atoms with Crippen LogP contribution < -0.4 is 5.14 Å². The van der Waals surface area contributed by atoms with E-state index in [-0.39, 0.29) is 28.3 Å². The lowest BCUT2D eigenvalue weighted by molar-refractivity contribution is -0.385. The molecule has 2 rings (SSSR count). The van der Waals surface area contributed by atoms with Crippen LogP contribution in [-0.2, 0) is 21.4 Å². The molecule has 2 aromatic rings. The number of para-hydroxylation sites is 1. The van der Waals surface area contributed by atoms with Crippen LogP contribution in [0.1, 0.15) is 15.9 Å². The molecule has 24 heavy (non-hydrogen) atoms. The van der Waals surface area contributed by atoms with Gasteiger partial charge in [-0.05, 0) is 40.2 Å². The zero-order chi connectivity index (χ0) is 17.9. The number of halogens is 1. The van der Waals surface area contributed by atoms with E-state index in [9.17, 15) is 23.3 Å². The summed E-state index contributed by atoms with van der Waals surface area (Å²) in [6.45, 7) is -0.331. The van der Waals surface area contributed by atoms with Crippen molar-refractivity contribution in [3.63, 3.8) is 0 Å². The Morgan fingerprint density at radius 2 is 1.92 bits per heavy atom. The third kappa shape index (κ3) is 4.16. The number of nitrogens with zero attached hydrogens (tertiary/aromatic N) is 1. The summed E-state index contributed by atoms with van der Waals surface area (Å²) in [7, 11) is -3.98. The average molecular weight is 415 g/mol. The van der Waals surface area contributed by atoms with E-state index in [1.54, 1.807) is 6.07 Å². The highest BCUT2D eigenvalue weighted by atomic mass is 79.9. The topological polar surface area (TPSA) is 130 Å². The van der Waals surface area contributed by atoms with Crippen LogP contribution in [0.4, 0.5) is 5.69 Å². The Balaban J connectivity index is 2.24. The first kappa shape index (κ1) is 18.0. The summed E-state index contributed by atoms with van der Waals surface area (Å²) in [4.78, 5) is 22.2. The number of benzene rings is 2. The maximum atomic E-state index is 12.1. The number of nitrogens with two attached hydrogens (primary N) is 1. The molecule has 0 aliphatic rings. The van der Waals surface area contributed by atoms with Gasteiger partial charge < -0.3 is 4.74 Å². The van der Waals surface area contributed by atoms with Gasteiger partial charge in [-0.15, -0.1) is 0 Å². The van der Waals surface area contributed by atoms with E-state index >= 15 is 0 Å². The smallest absolute Gasteiger partial charge is 0.339 e. The molecule has 10 heteroatoms. The van der Waals surface area contributed by atoms with Gasteiger partial charge in [0.2, 0.25) is 10.0 Å². The number of ether oxygens (including phenoxy) is 1. The standard InChI is InChI=1S/C14H11BrN2O6S/c15-12-6-5-10(24(16,21)22)7-11(12)14(18)23-8-9-3-1-2-4-13(9)17(19)20/h1-7H,8H2,(H2,16,21,22). The van der Waals surface area contributed by atoms with Crippen molar-refractivity contribution in [3.05, 3.63) is 68.2 Å². The molecule has 0 fully saturated rings. The van der Waals surface area contributed by atoms with Gasteiger partial charge in [-0.1, -0.05) is 12.1 Å². The molecule has 0 saturated heterocycles. The van der Waals surface area contributed by atoms with Crippen molar-refractivity contribution in [2.75, 3.05) is 0 Å². The number of carbonyl (C=O) groups is 1. The predicted molar refractivity (Wildman–Crippen MR) is 87.7 cm³/mol. The third-order valence-corrected chi connectivity index (χ3v) is 4.64. The van der Waals surface area contributed by atoms with E-state index in [1.807, 2.05) is 0 Å². The maximum Gasteiger partial charge on any atom is 0.339 e. The monoisotopic (exact) mass is 414 g/mol. The zero-order valence-electron chi connectivity index (χ0n) is 12.0. The van der Waals surface area contributed by atoms with E-state index in [2.05, 4.69) is 15.9 Å². The molecule has 2 N–H and O–H groups in total. The largest absolute Gasteiger partial charge is 0.457 e. The summed E-state index contributed by atoms with van der Waals surface area (Å²) in [6.07, 6.45) is 0. The van der Waals surface area contributed by atoms with Gasteiger partial charge in [0.05, 0.1) is 20.9 Å². The SMILES string of the molecule is NS(=O)(=O)c1ccc(Br)c(C(=O)OCc2ccccc2[N+](=O)[O-])c1. The number of rotatable bonds is 5. The Morgan fingerprint density at radius 1 is 1.25 bits per heavy atom. The van der Waals surface area contributed by atoms with Crippen LogP contribution >= 0.6 is 15.9 Å². The number of hydrogen-bond donors (Lipinski definition) is 1. The van der Waals surface area contributed by atoms with Gasteiger partial charge in [-0.2, -0.15) is 0 Å². The molecule has 126 valence electrons. The zero-order valence-corrected chi connectivity index (χ0v) is 14.4. The number of hydrogen-bond acceptors (Lipinski definition) is 6. The van der Waals surface area contributed by atoms with Gasteiger partial charge in [-0.3, -0.25) is 10.1 Å². The number of primary sulfonamides is 1. The molecule has 0 saturated carbocycles. The quantitative estimate of drug-likeness (QED) is 0.453. The van der Waals surface area contributed by atoms with Gasteiger partial charge in [0, 0.05) is 10.5 Å². The van der Waals surface area contributed by atoms with Crippen LogP contribution in [0, 0.1) is 10.1 Å². The highest BCUT2D eigenvalue weighted by Crippen LogP contribution is 2.23. The molecule has 8 nitrogen and oxygen atoms in total. The maximum absolute atomic E-state index is 12.1. The molecule has 0 spiro atoms. The van der Waals surface area contributed by atoms with Gasteiger partial charge in [0.15, 0.2) is 0 Å². The Hall–Kier alpha value is -2.30.